The summed E-state index contributed by atoms with van der Waals surface area (Å²) in [5.74, 6) is 0.300. The van der Waals surface area contributed by atoms with Crippen molar-refractivity contribution < 1.29 is 19.1 Å². The molecule has 0 aliphatic carbocycles. The summed E-state index contributed by atoms with van der Waals surface area (Å²) in [7, 11) is 1.52. The molecule has 0 aliphatic heterocycles. The second kappa shape index (κ2) is 10.2. The number of benzene rings is 2. The fourth-order valence-electron chi connectivity index (χ4n) is 2.43. The normalized spacial score (nSPS) is 10.9. The first-order valence-corrected chi connectivity index (χ1v) is 9.55. The fourth-order valence-corrected chi connectivity index (χ4v) is 2.86. The maximum absolute atomic E-state index is 12.3. The van der Waals surface area contributed by atoms with Crippen LogP contribution in [0.1, 0.15) is 26.3 Å². The lowest BCUT2D eigenvalue weighted by atomic mass is 10.1. The van der Waals surface area contributed by atoms with Crippen molar-refractivity contribution in [1.82, 2.24) is 0 Å². The number of amides is 2. The predicted molar refractivity (Wildman–Crippen MR) is 117 cm³/mol. The van der Waals surface area contributed by atoms with E-state index < -0.39 is 5.91 Å². The molecule has 0 aromatic heterocycles. The molecule has 0 saturated heterocycles. The van der Waals surface area contributed by atoms with E-state index in [2.05, 4.69) is 10.6 Å². The van der Waals surface area contributed by atoms with Crippen LogP contribution in [0.3, 0.4) is 0 Å². The Morgan fingerprint density at radius 3 is 2.41 bits per heavy atom. The van der Waals surface area contributed by atoms with Crippen LogP contribution >= 0.6 is 23.2 Å². The number of rotatable bonds is 7. The van der Waals surface area contributed by atoms with Gasteiger partial charge in [0.05, 0.1) is 28.9 Å². The van der Waals surface area contributed by atoms with Gasteiger partial charge in [-0.05, 0) is 55.8 Å². The number of hydrogen-bond acceptors (Lipinski definition) is 4. The number of halogens is 2. The summed E-state index contributed by atoms with van der Waals surface area (Å²) < 4.78 is 11.0. The molecule has 8 heteroatoms. The third-order valence-corrected chi connectivity index (χ3v) is 4.19. The molecule has 0 radical (unpaired) electrons. The van der Waals surface area contributed by atoms with E-state index in [1.165, 1.54) is 20.1 Å². The molecule has 0 fully saturated rings. The van der Waals surface area contributed by atoms with E-state index >= 15 is 0 Å². The van der Waals surface area contributed by atoms with Crippen molar-refractivity contribution >= 4 is 52.5 Å². The molecule has 29 heavy (non-hydrogen) atoms. The second-order valence-electron chi connectivity index (χ2n) is 6.40. The molecule has 2 rings (SSSR count). The Labute approximate surface area is 179 Å². The van der Waals surface area contributed by atoms with Crippen LogP contribution in [0.4, 0.5) is 11.4 Å². The van der Waals surface area contributed by atoms with Crippen LogP contribution in [0.25, 0.3) is 6.08 Å². The zero-order valence-electron chi connectivity index (χ0n) is 16.5. The van der Waals surface area contributed by atoms with Crippen LogP contribution in [0.2, 0.25) is 10.0 Å². The van der Waals surface area contributed by atoms with Gasteiger partial charge in [0.25, 0.3) is 0 Å². The zero-order valence-corrected chi connectivity index (χ0v) is 18.0. The molecule has 2 aromatic carbocycles. The fraction of sp³-hybridized carbons (Fsp3) is 0.238. The second-order valence-corrected chi connectivity index (χ2v) is 7.21. The largest absolute Gasteiger partial charge is 0.493 e. The van der Waals surface area contributed by atoms with E-state index in [1.807, 2.05) is 13.8 Å². The quantitative estimate of drug-likeness (QED) is 0.569. The predicted octanol–water partition coefficient (Wildman–Crippen LogP) is 5.40. The van der Waals surface area contributed by atoms with E-state index in [4.69, 9.17) is 32.7 Å². The smallest absolute Gasteiger partial charge is 0.248 e. The van der Waals surface area contributed by atoms with E-state index in [0.717, 1.165) is 0 Å². The standard InChI is InChI=1S/C21H22Cl2N2O4/c1-12(2)29-21-17(23)9-14(10-19(21)28-4)5-8-20(27)25-18-11-15(24-13(3)26)6-7-16(18)22/h5-12H,1-4H3,(H,24,26)(H,25,27). The lowest BCUT2D eigenvalue weighted by Gasteiger charge is -2.15. The topological polar surface area (TPSA) is 76.7 Å². The van der Waals surface area contributed by atoms with Crippen LogP contribution in [-0.4, -0.2) is 25.0 Å². The average Bonchev–Trinajstić information content (AvgIpc) is 2.63. The first-order chi connectivity index (χ1) is 13.7. The average molecular weight is 437 g/mol. The molecular formula is C21H22Cl2N2O4. The monoisotopic (exact) mass is 436 g/mol. The van der Waals surface area contributed by atoms with Crippen molar-refractivity contribution in [3.05, 3.63) is 52.0 Å². The molecule has 6 nitrogen and oxygen atoms in total. The molecule has 0 spiro atoms. The van der Waals surface area contributed by atoms with Crippen LogP contribution in [0.15, 0.2) is 36.4 Å². The van der Waals surface area contributed by atoms with Gasteiger partial charge in [-0.3, -0.25) is 9.59 Å². The number of methoxy groups -OCH3 is 1. The number of ether oxygens (including phenoxy) is 2. The molecule has 0 saturated carbocycles. The van der Waals surface area contributed by atoms with Gasteiger partial charge in [-0.2, -0.15) is 0 Å². The zero-order chi connectivity index (χ0) is 21.6. The van der Waals surface area contributed by atoms with Crippen LogP contribution in [0, 0.1) is 0 Å². The van der Waals surface area contributed by atoms with Crippen molar-refractivity contribution in [2.45, 2.75) is 26.9 Å². The summed E-state index contributed by atoms with van der Waals surface area (Å²) in [6.07, 6.45) is 2.87. The van der Waals surface area contributed by atoms with Gasteiger partial charge in [0, 0.05) is 18.7 Å². The van der Waals surface area contributed by atoms with Gasteiger partial charge in [-0.15, -0.1) is 0 Å². The molecule has 154 valence electrons. The van der Waals surface area contributed by atoms with Gasteiger partial charge in [0.15, 0.2) is 11.5 Å². The molecule has 0 bridgehead atoms. The maximum Gasteiger partial charge on any atom is 0.248 e. The Balaban J connectivity index is 2.17. The Hall–Kier alpha value is -2.70. The third kappa shape index (κ3) is 6.69. The summed E-state index contributed by atoms with van der Waals surface area (Å²) in [6, 6.07) is 8.20. The maximum atomic E-state index is 12.3. The van der Waals surface area contributed by atoms with Gasteiger partial charge in [-0.25, -0.2) is 0 Å². The van der Waals surface area contributed by atoms with Crippen molar-refractivity contribution in [3.63, 3.8) is 0 Å². The molecular weight excluding hydrogens is 415 g/mol. The van der Waals surface area contributed by atoms with E-state index in [0.29, 0.717) is 38.5 Å². The number of nitrogens with one attached hydrogen (secondary N) is 2. The summed E-state index contributed by atoms with van der Waals surface area (Å²) in [5.41, 5.74) is 1.57. The third-order valence-electron chi connectivity index (χ3n) is 3.58. The summed E-state index contributed by atoms with van der Waals surface area (Å²) in [6.45, 7) is 5.17. The van der Waals surface area contributed by atoms with Gasteiger partial charge in [0.2, 0.25) is 11.8 Å². The number of hydrogen-bond donors (Lipinski definition) is 2. The van der Waals surface area contributed by atoms with Gasteiger partial charge in [-0.1, -0.05) is 23.2 Å². The van der Waals surface area contributed by atoms with Crippen molar-refractivity contribution in [2.75, 3.05) is 17.7 Å². The van der Waals surface area contributed by atoms with E-state index in [1.54, 1.807) is 36.4 Å². The lowest BCUT2D eigenvalue weighted by Crippen LogP contribution is -2.10. The highest BCUT2D eigenvalue weighted by molar-refractivity contribution is 6.34. The minimum absolute atomic E-state index is 0.0634. The first kappa shape index (κ1) is 22.6. The Kier molecular flexibility index (Phi) is 7.93. The SMILES string of the molecule is COc1cc(C=CC(=O)Nc2cc(NC(C)=O)ccc2Cl)cc(Cl)c1OC(C)C. The van der Waals surface area contributed by atoms with E-state index in [9.17, 15) is 9.59 Å². The van der Waals surface area contributed by atoms with Gasteiger partial charge < -0.3 is 20.1 Å². The highest BCUT2D eigenvalue weighted by Gasteiger charge is 2.13. The summed E-state index contributed by atoms with van der Waals surface area (Å²) >= 11 is 12.4. The Morgan fingerprint density at radius 2 is 1.79 bits per heavy atom. The molecule has 0 unspecified atom stereocenters. The highest BCUT2D eigenvalue weighted by Crippen LogP contribution is 2.37. The van der Waals surface area contributed by atoms with Crippen molar-refractivity contribution in [3.8, 4) is 11.5 Å². The molecule has 0 aliphatic rings. The molecule has 0 atom stereocenters. The molecule has 2 amide bonds. The number of anilines is 2. The first-order valence-electron chi connectivity index (χ1n) is 8.80. The minimum atomic E-state index is -0.399. The summed E-state index contributed by atoms with van der Waals surface area (Å²) in [4.78, 5) is 23.5. The van der Waals surface area contributed by atoms with Crippen LogP contribution < -0.4 is 20.1 Å². The molecule has 2 aromatic rings. The number of carbonyl (C=O) groups is 2. The summed E-state index contributed by atoms with van der Waals surface area (Å²) in [5, 5.41) is 6.04. The van der Waals surface area contributed by atoms with Gasteiger partial charge >= 0.3 is 0 Å². The molecule has 0 heterocycles. The minimum Gasteiger partial charge on any atom is -0.493 e. The van der Waals surface area contributed by atoms with Gasteiger partial charge in [0.1, 0.15) is 0 Å². The van der Waals surface area contributed by atoms with Crippen LogP contribution in [-0.2, 0) is 9.59 Å². The molecule has 2 N–H and O–H groups in total. The van der Waals surface area contributed by atoms with Crippen molar-refractivity contribution in [1.29, 1.82) is 0 Å². The van der Waals surface area contributed by atoms with Crippen molar-refractivity contribution in [2.24, 2.45) is 0 Å². The van der Waals surface area contributed by atoms with Crippen LogP contribution in [0.5, 0.6) is 11.5 Å². The lowest BCUT2D eigenvalue weighted by molar-refractivity contribution is -0.114. The van der Waals surface area contributed by atoms with E-state index in [-0.39, 0.29) is 12.0 Å². The number of carbonyl (C=O) groups excluding carboxylic acids is 2. The Morgan fingerprint density at radius 1 is 1.07 bits per heavy atom. The Bertz CT molecular complexity index is 943. The highest BCUT2D eigenvalue weighted by atomic mass is 35.5.